The Morgan fingerprint density at radius 2 is 2.00 bits per heavy atom. The quantitative estimate of drug-likeness (QED) is 0.653. The number of carbonyl (C=O) groups excluding carboxylic acids is 1. The molecule has 8 nitrogen and oxygen atoms in total. The van der Waals surface area contributed by atoms with Crippen LogP contribution in [0.2, 0.25) is 0 Å². The van der Waals surface area contributed by atoms with Gasteiger partial charge in [0.15, 0.2) is 0 Å². The van der Waals surface area contributed by atoms with E-state index in [-0.39, 0.29) is 16.9 Å². The Morgan fingerprint density at radius 1 is 1.19 bits per heavy atom. The van der Waals surface area contributed by atoms with Gasteiger partial charge in [0.1, 0.15) is 0 Å². The Balaban J connectivity index is 1.61. The number of hydrogen-bond acceptors (Lipinski definition) is 7. The second kappa shape index (κ2) is 9.66. The number of carbonyl (C=O) groups is 1. The molecule has 0 bridgehead atoms. The number of anilines is 2. The van der Waals surface area contributed by atoms with Crippen LogP contribution in [0.1, 0.15) is 28.1 Å². The summed E-state index contributed by atoms with van der Waals surface area (Å²) < 4.78 is 38.6. The molecule has 1 unspecified atom stereocenters. The topological polar surface area (TPSA) is 97.0 Å². The van der Waals surface area contributed by atoms with E-state index in [1.807, 2.05) is 18.4 Å². The van der Waals surface area contributed by atoms with E-state index in [4.69, 9.17) is 9.47 Å². The summed E-state index contributed by atoms with van der Waals surface area (Å²) in [4.78, 5) is 13.6. The largest absolute Gasteiger partial charge is 0.381 e. The maximum absolute atomic E-state index is 13.1. The minimum Gasteiger partial charge on any atom is -0.381 e. The van der Waals surface area contributed by atoms with Gasteiger partial charge in [-0.15, -0.1) is 11.3 Å². The second-order valence-corrected chi connectivity index (χ2v) is 10.5. The molecule has 0 spiro atoms. The first-order valence-corrected chi connectivity index (χ1v) is 12.7. The van der Waals surface area contributed by atoms with Crippen molar-refractivity contribution < 1.29 is 22.7 Å². The summed E-state index contributed by atoms with van der Waals surface area (Å²) >= 11 is 1.36. The average molecular weight is 466 g/mol. The van der Waals surface area contributed by atoms with E-state index in [2.05, 4.69) is 10.6 Å². The number of benzene rings is 1. The molecule has 4 rings (SSSR count). The molecule has 3 heterocycles. The summed E-state index contributed by atoms with van der Waals surface area (Å²) in [5, 5.41) is 8.08. The van der Waals surface area contributed by atoms with Crippen LogP contribution in [0.3, 0.4) is 0 Å². The molecule has 2 saturated heterocycles. The first-order chi connectivity index (χ1) is 14.9. The molecule has 2 N–H and O–H groups in total. The van der Waals surface area contributed by atoms with Gasteiger partial charge in [-0.25, -0.2) is 8.42 Å². The lowest BCUT2D eigenvalue weighted by Crippen LogP contribution is -2.40. The van der Waals surface area contributed by atoms with Crippen molar-refractivity contribution in [3.05, 3.63) is 40.1 Å². The van der Waals surface area contributed by atoms with Crippen LogP contribution < -0.4 is 10.6 Å². The molecule has 2 aliphatic rings. The van der Waals surface area contributed by atoms with Gasteiger partial charge in [0, 0.05) is 26.2 Å². The third-order valence-electron chi connectivity index (χ3n) is 5.46. The number of amides is 1. The first kappa shape index (κ1) is 22.2. The fraction of sp³-hybridized carbons (Fsp3) is 0.476. The van der Waals surface area contributed by atoms with Crippen LogP contribution in [0.15, 0.2) is 34.5 Å². The predicted octanol–water partition coefficient (Wildman–Crippen LogP) is 2.92. The van der Waals surface area contributed by atoms with E-state index in [0.29, 0.717) is 49.1 Å². The zero-order valence-electron chi connectivity index (χ0n) is 17.4. The molecular weight excluding hydrogens is 438 g/mol. The van der Waals surface area contributed by atoms with Gasteiger partial charge in [-0.1, -0.05) is 0 Å². The number of rotatable bonds is 7. The molecule has 1 atom stereocenters. The molecule has 0 radical (unpaired) electrons. The van der Waals surface area contributed by atoms with E-state index in [9.17, 15) is 13.2 Å². The Morgan fingerprint density at radius 3 is 2.68 bits per heavy atom. The Hall–Kier alpha value is -1.98. The monoisotopic (exact) mass is 465 g/mol. The smallest absolute Gasteiger partial charge is 0.266 e. The number of nitrogens with one attached hydrogen (secondary N) is 2. The lowest BCUT2D eigenvalue weighted by atomic mass is 10.2. The number of morpholine rings is 1. The zero-order chi connectivity index (χ0) is 21.8. The van der Waals surface area contributed by atoms with Crippen LogP contribution in [0.5, 0.6) is 0 Å². The molecule has 1 aromatic carbocycles. The van der Waals surface area contributed by atoms with Crippen molar-refractivity contribution in [3.63, 3.8) is 0 Å². The maximum atomic E-state index is 13.1. The van der Waals surface area contributed by atoms with Crippen LogP contribution >= 0.6 is 11.3 Å². The van der Waals surface area contributed by atoms with Crippen molar-refractivity contribution in [3.8, 4) is 0 Å². The molecule has 10 heteroatoms. The SMILES string of the molecule is Cc1ccsc1C(=O)Nc1cc(S(=O)(=O)N2CCOCC2)ccc1NCC1CCCO1. The number of hydrogen-bond donors (Lipinski definition) is 2. The molecule has 0 saturated carbocycles. The normalized spacial score (nSPS) is 20.0. The molecule has 1 aromatic heterocycles. The molecule has 168 valence electrons. The highest BCUT2D eigenvalue weighted by atomic mass is 32.2. The van der Waals surface area contributed by atoms with Gasteiger partial charge in [-0.3, -0.25) is 4.79 Å². The summed E-state index contributed by atoms with van der Waals surface area (Å²) in [7, 11) is -3.68. The summed E-state index contributed by atoms with van der Waals surface area (Å²) in [5.41, 5.74) is 1.98. The maximum Gasteiger partial charge on any atom is 0.266 e. The van der Waals surface area contributed by atoms with Crippen LogP contribution in [-0.2, 0) is 19.5 Å². The van der Waals surface area contributed by atoms with Crippen molar-refractivity contribution in [1.82, 2.24) is 4.31 Å². The van der Waals surface area contributed by atoms with E-state index in [1.54, 1.807) is 12.1 Å². The van der Waals surface area contributed by atoms with Gasteiger partial charge >= 0.3 is 0 Å². The van der Waals surface area contributed by atoms with Gasteiger partial charge in [-0.05, 0) is 55.0 Å². The standard InChI is InChI=1S/C21H27N3O5S2/c1-15-6-12-30-20(15)21(25)23-19-13-17(31(26,27)24-7-10-28-11-8-24)4-5-18(19)22-14-16-3-2-9-29-16/h4-6,12-13,16,22H,2-3,7-11,14H2,1H3,(H,23,25). The number of sulfonamides is 1. The minimum atomic E-state index is -3.68. The van der Waals surface area contributed by atoms with E-state index >= 15 is 0 Å². The third kappa shape index (κ3) is 5.09. The fourth-order valence-electron chi connectivity index (χ4n) is 3.69. The van der Waals surface area contributed by atoms with Gasteiger partial charge in [0.05, 0.1) is 40.5 Å². The lowest BCUT2D eigenvalue weighted by molar-refractivity contribution is 0.0730. The molecule has 1 amide bonds. The highest BCUT2D eigenvalue weighted by Crippen LogP contribution is 2.29. The molecule has 0 aliphatic carbocycles. The van der Waals surface area contributed by atoms with Gasteiger partial charge in [0.2, 0.25) is 10.0 Å². The summed E-state index contributed by atoms with van der Waals surface area (Å²) in [6.07, 6.45) is 2.12. The molecule has 31 heavy (non-hydrogen) atoms. The van der Waals surface area contributed by atoms with Crippen molar-refractivity contribution >= 4 is 38.6 Å². The highest BCUT2D eigenvalue weighted by molar-refractivity contribution is 7.89. The molecular formula is C21H27N3O5S2. The van der Waals surface area contributed by atoms with Crippen LogP contribution in [-0.4, -0.2) is 64.2 Å². The molecule has 2 aliphatic heterocycles. The van der Waals surface area contributed by atoms with Crippen molar-refractivity contribution in [2.75, 3.05) is 50.1 Å². The number of thiophene rings is 1. The van der Waals surface area contributed by atoms with E-state index < -0.39 is 10.0 Å². The van der Waals surface area contributed by atoms with Gasteiger partial charge in [-0.2, -0.15) is 4.31 Å². The second-order valence-electron chi connectivity index (χ2n) is 7.63. The highest BCUT2D eigenvalue weighted by Gasteiger charge is 2.27. The molecule has 2 fully saturated rings. The van der Waals surface area contributed by atoms with Crippen molar-refractivity contribution in [2.45, 2.75) is 30.8 Å². The Labute approximate surface area is 186 Å². The van der Waals surface area contributed by atoms with Crippen LogP contribution in [0.25, 0.3) is 0 Å². The van der Waals surface area contributed by atoms with Gasteiger partial charge in [0.25, 0.3) is 5.91 Å². The van der Waals surface area contributed by atoms with Crippen molar-refractivity contribution in [1.29, 1.82) is 0 Å². The predicted molar refractivity (Wildman–Crippen MR) is 120 cm³/mol. The zero-order valence-corrected chi connectivity index (χ0v) is 19.1. The van der Waals surface area contributed by atoms with Crippen LogP contribution in [0, 0.1) is 6.92 Å². The van der Waals surface area contributed by atoms with Crippen molar-refractivity contribution in [2.24, 2.45) is 0 Å². The third-order valence-corrected chi connectivity index (χ3v) is 8.37. The average Bonchev–Trinajstić information content (AvgIpc) is 3.45. The fourth-order valence-corrected chi connectivity index (χ4v) is 5.95. The Bertz CT molecular complexity index is 1030. The number of aryl methyl sites for hydroxylation is 1. The summed E-state index contributed by atoms with van der Waals surface area (Å²) in [6.45, 7) is 4.61. The van der Waals surface area contributed by atoms with E-state index in [1.165, 1.54) is 21.7 Å². The lowest BCUT2D eigenvalue weighted by Gasteiger charge is -2.26. The van der Waals surface area contributed by atoms with E-state index in [0.717, 1.165) is 25.0 Å². The first-order valence-electron chi connectivity index (χ1n) is 10.4. The summed E-state index contributed by atoms with van der Waals surface area (Å²) in [5.74, 6) is -0.256. The molecule has 2 aromatic rings. The number of nitrogens with zero attached hydrogens (tertiary/aromatic N) is 1. The summed E-state index contributed by atoms with van der Waals surface area (Å²) in [6, 6.07) is 6.70. The van der Waals surface area contributed by atoms with Crippen LogP contribution in [0.4, 0.5) is 11.4 Å². The Kier molecular flexibility index (Phi) is 6.92. The van der Waals surface area contributed by atoms with Gasteiger partial charge < -0.3 is 20.1 Å². The number of ether oxygens (including phenoxy) is 2. The minimum absolute atomic E-state index is 0.111.